The van der Waals surface area contributed by atoms with E-state index in [1.165, 1.54) is 5.56 Å². The average Bonchev–Trinajstić information content (AvgIpc) is 2.38. The van der Waals surface area contributed by atoms with Crippen LogP contribution in [0.15, 0.2) is 48.5 Å². The van der Waals surface area contributed by atoms with Crippen molar-refractivity contribution < 1.29 is 0 Å². The first-order valence-electron chi connectivity index (χ1n) is 5.79. The summed E-state index contributed by atoms with van der Waals surface area (Å²) in [5, 5.41) is 4.23. The van der Waals surface area contributed by atoms with Gasteiger partial charge in [0.05, 0.1) is 0 Å². The van der Waals surface area contributed by atoms with E-state index in [0.717, 1.165) is 30.1 Å². The van der Waals surface area contributed by atoms with Crippen LogP contribution in [0.5, 0.6) is 0 Å². The molecule has 2 aromatic rings. The summed E-state index contributed by atoms with van der Waals surface area (Å²) in [6.07, 6.45) is 2.08. The molecule has 0 aliphatic carbocycles. The van der Waals surface area contributed by atoms with Gasteiger partial charge in [0, 0.05) is 17.3 Å². The molecule has 0 aliphatic heterocycles. The lowest BCUT2D eigenvalue weighted by atomic mass is 10.1. The summed E-state index contributed by atoms with van der Waals surface area (Å²) in [5.41, 5.74) is 2.36. The largest absolute Gasteiger partial charge is 0.385 e. The normalized spacial score (nSPS) is 10.2. The monoisotopic (exact) mass is 244 g/mol. The van der Waals surface area contributed by atoms with Crippen LogP contribution in [0.25, 0.3) is 0 Å². The molecular weight excluding hydrogens is 230 g/mol. The summed E-state index contributed by atoms with van der Waals surface area (Å²) < 4.78 is 0. The topological polar surface area (TPSA) is 12.0 Å². The molecule has 1 N–H and O–H groups in total. The Morgan fingerprint density at radius 1 is 1.06 bits per heavy atom. The molecule has 0 spiro atoms. The summed E-state index contributed by atoms with van der Waals surface area (Å²) >= 11 is 6.10. The van der Waals surface area contributed by atoms with Gasteiger partial charge in [0.2, 0.25) is 0 Å². The SMILES string of the molecule is Clc1ccccc1CCCNc1cc[c]cc1. The van der Waals surface area contributed by atoms with Crippen molar-refractivity contribution in [3.05, 3.63) is 65.2 Å². The van der Waals surface area contributed by atoms with E-state index >= 15 is 0 Å². The van der Waals surface area contributed by atoms with E-state index in [1.807, 2.05) is 42.5 Å². The molecule has 1 radical (unpaired) electrons. The molecule has 0 aromatic heterocycles. The minimum absolute atomic E-state index is 0.863. The van der Waals surface area contributed by atoms with Crippen molar-refractivity contribution in [3.8, 4) is 0 Å². The van der Waals surface area contributed by atoms with Gasteiger partial charge in [0.15, 0.2) is 0 Å². The number of anilines is 1. The zero-order chi connectivity index (χ0) is 11.9. The number of aryl methyl sites for hydroxylation is 1. The summed E-state index contributed by atoms with van der Waals surface area (Å²) in [4.78, 5) is 0. The molecule has 2 heteroatoms. The van der Waals surface area contributed by atoms with E-state index in [1.54, 1.807) is 0 Å². The zero-order valence-corrected chi connectivity index (χ0v) is 10.4. The molecule has 0 bridgehead atoms. The lowest BCUT2D eigenvalue weighted by Gasteiger charge is -2.06. The number of hydrogen-bond acceptors (Lipinski definition) is 1. The van der Waals surface area contributed by atoms with Gasteiger partial charge in [-0.2, -0.15) is 0 Å². The third-order valence-corrected chi connectivity index (χ3v) is 3.00. The van der Waals surface area contributed by atoms with Crippen molar-refractivity contribution in [2.24, 2.45) is 0 Å². The van der Waals surface area contributed by atoms with Crippen LogP contribution in [-0.2, 0) is 6.42 Å². The highest BCUT2D eigenvalue weighted by molar-refractivity contribution is 6.31. The van der Waals surface area contributed by atoms with Gasteiger partial charge in [-0.25, -0.2) is 0 Å². The Hall–Kier alpha value is -1.47. The Bertz CT molecular complexity index is 453. The first-order valence-corrected chi connectivity index (χ1v) is 6.17. The molecule has 2 aromatic carbocycles. The highest BCUT2D eigenvalue weighted by atomic mass is 35.5. The third-order valence-electron chi connectivity index (χ3n) is 2.63. The van der Waals surface area contributed by atoms with Crippen LogP contribution in [0, 0.1) is 6.07 Å². The van der Waals surface area contributed by atoms with Gasteiger partial charge in [-0.05, 0) is 42.7 Å². The van der Waals surface area contributed by atoms with Crippen LogP contribution in [0.1, 0.15) is 12.0 Å². The Labute approximate surface area is 107 Å². The number of halogens is 1. The fraction of sp³-hybridized carbons (Fsp3) is 0.200. The van der Waals surface area contributed by atoms with Crippen LogP contribution in [-0.4, -0.2) is 6.54 Å². The summed E-state index contributed by atoms with van der Waals surface area (Å²) in [6.45, 7) is 0.954. The minimum Gasteiger partial charge on any atom is -0.385 e. The van der Waals surface area contributed by atoms with Crippen molar-refractivity contribution in [2.75, 3.05) is 11.9 Å². The smallest absolute Gasteiger partial charge is 0.0437 e. The second-order valence-corrected chi connectivity index (χ2v) is 4.32. The Morgan fingerprint density at radius 2 is 1.82 bits per heavy atom. The summed E-state index contributed by atoms with van der Waals surface area (Å²) in [5.74, 6) is 0. The molecule has 2 rings (SSSR count). The van der Waals surface area contributed by atoms with Gasteiger partial charge in [-0.1, -0.05) is 41.9 Å². The summed E-state index contributed by atoms with van der Waals surface area (Å²) in [7, 11) is 0. The Morgan fingerprint density at radius 3 is 2.59 bits per heavy atom. The molecule has 1 nitrogen and oxygen atoms in total. The predicted molar refractivity (Wildman–Crippen MR) is 73.5 cm³/mol. The fourth-order valence-corrected chi connectivity index (χ4v) is 1.95. The highest BCUT2D eigenvalue weighted by Gasteiger charge is 1.98. The van der Waals surface area contributed by atoms with Crippen LogP contribution in [0.4, 0.5) is 5.69 Å². The molecular formula is C15H15ClN. The average molecular weight is 245 g/mol. The van der Waals surface area contributed by atoms with E-state index in [-0.39, 0.29) is 0 Å². The molecule has 0 aliphatic rings. The maximum Gasteiger partial charge on any atom is 0.0437 e. The molecule has 17 heavy (non-hydrogen) atoms. The fourth-order valence-electron chi connectivity index (χ4n) is 1.72. The van der Waals surface area contributed by atoms with Crippen LogP contribution < -0.4 is 5.32 Å². The van der Waals surface area contributed by atoms with Crippen molar-refractivity contribution in [1.82, 2.24) is 0 Å². The van der Waals surface area contributed by atoms with Gasteiger partial charge in [-0.15, -0.1) is 0 Å². The number of benzene rings is 2. The number of hydrogen-bond donors (Lipinski definition) is 1. The molecule has 0 unspecified atom stereocenters. The zero-order valence-electron chi connectivity index (χ0n) is 9.62. The van der Waals surface area contributed by atoms with E-state index in [4.69, 9.17) is 11.6 Å². The number of rotatable bonds is 5. The molecule has 0 amide bonds. The third kappa shape index (κ3) is 3.79. The van der Waals surface area contributed by atoms with E-state index in [0.29, 0.717) is 0 Å². The second-order valence-electron chi connectivity index (χ2n) is 3.91. The number of nitrogens with one attached hydrogen (secondary N) is 1. The minimum atomic E-state index is 0.863. The first-order chi connectivity index (χ1) is 8.36. The van der Waals surface area contributed by atoms with Crippen LogP contribution >= 0.6 is 11.6 Å². The molecule has 87 valence electrons. The lowest BCUT2D eigenvalue weighted by molar-refractivity contribution is 0.863. The van der Waals surface area contributed by atoms with E-state index in [2.05, 4.69) is 17.4 Å². The summed E-state index contributed by atoms with van der Waals surface area (Å²) in [6, 6.07) is 18.9. The first kappa shape index (κ1) is 12.0. The van der Waals surface area contributed by atoms with Gasteiger partial charge in [0.1, 0.15) is 0 Å². The predicted octanol–water partition coefficient (Wildman–Crippen LogP) is 4.18. The van der Waals surface area contributed by atoms with Crippen molar-refractivity contribution in [3.63, 3.8) is 0 Å². The molecule has 0 saturated carbocycles. The van der Waals surface area contributed by atoms with E-state index < -0.39 is 0 Å². The Kier molecular flexibility index (Phi) is 4.45. The van der Waals surface area contributed by atoms with Gasteiger partial charge < -0.3 is 5.32 Å². The second kappa shape index (κ2) is 6.31. The maximum atomic E-state index is 6.10. The standard InChI is InChI=1S/C15H15ClN/c16-15-11-5-4-7-13(15)8-6-12-17-14-9-2-1-3-10-14/h2-5,7,9-11,17H,6,8,12H2. The van der Waals surface area contributed by atoms with Crippen LogP contribution in [0.3, 0.4) is 0 Å². The maximum absolute atomic E-state index is 6.10. The molecule has 0 heterocycles. The van der Waals surface area contributed by atoms with Gasteiger partial charge in [-0.3, -0.25) is 0 Å². The molecule has 0 saturated heterocycles. The van der Waals surface area contributed by atoms with Gasteiger partial charge in [0.25, 0.3) is 0 Å². The Balaban J connectivity index is 1.76. The lowest BCUT2D eigenvalue weighted by Crippen LogP contribution is -2.02. The van der Waals surface area contributed by atoms with Crippen molar-refractivity contribution in [1.29, 1.82) is 0 Å². The molecule has 0 fully saturated rings. The van der Waals surface area contributed by atoms with Crippen LogP contribution in [0.2, 0.25) is 5.02 Å². The van der Waals surface area contributed by atoms with Crippen molar-refractivity contribution >= 4 is 17.3 Å². The molecule has 0 atom stereocenters. The quantitative estimate of drug-likeness (QED) is 0.778. The highest BCUT2D eigenvalue weighted by Crippen LogP contribution is 2.16. The van der Waals surface area contributed by atoms with E-state index in [9.17, 15) is 0 Å². The van der Waals surface area contributed by atoms with Crippen molar-refractivity contribution in [2.45, 2.75) is 12.8 Å². The van der Waals surface area contributed by atoms with Gasteiger partial charge >= 0.3 is 0 Å².